The van der Waals surface area contributed by atoms with Crippen molar-refractivity contribution in [2.24, 2.45) is 0 Å². The van der Waals surface area contributed by atoms with Gasteiger partial charge in [0, 0.05) is 18.5 Å². The van der Waals surface area contributed by atoms with Crippen molar-refractivity contribution in [1.29, 1.82) is 0 Å². The molecule has 4 heteroatoms. The Kier molecular flexibility index (Phi) is 5.43. The van der Waals surface area contributed by atoms with Gasteiger partial charge in [-0.3, -0.25) is 0 Å². The van der Waals surface area contributed by atoms with Crippen LogP contribution < -0.4 is 10.1 Å². The van der Waals surface area contributed by atoms with Gasteiger partial charge < -0.3 is 10.1 Å². The summed E-state index contributed by atoms with van der Waals surface area (Å²) < 4.78 is 5.77. The van der Waals surface area contributed by atoms with E-state index in [0.717, 1.165) is 37.1 Å². The van der Waals surface area contributed by atoms with Crippen molar-refractivity contribution in [3.8, 4) is 5.88 Å². The SMILES string of the molecule is CCCCCCOc1cc(NCC)nc(C2CC2)n1. The van der Waals surface area contributed by atoms with E-state index in [1.54, 1.807) is 0 Å². The summed E-state index contributed by atoms with van der Waals surface area (Å²) >= 11 is 0. The standard InChI is InChI=1S/C15H25N3O/c1-3-5-6-7-10-19-14-11-13(16-4-2)17-15(18-14)12-8-9-12/h11-12H,3-10H2,1-2H3,(H,16,17,18). The van der Waals surface area contributed by atoms with E-state index >= 15 is 0 Å². The lowest BCUT2D eigenvalue weighted by atomic mass is 10.2. The van der Waals surface area contributed by atoms with Gasteiger partial charge in [-0.15, -0.1) is 0 Å². The fourth-order valence-electron chi connectivity index (χ4n) is 2.02. The van der Waals surface area contributed by atoms with Crippen LogP contribution in [0.2, 0.25) is 0 Å². The molecule has 19 heavy (non-hydrogen) atoms. The van der Waals surface area contributed by atoms with Gasteiger partial charge in [0.05, 0.1) is 6.61 Å². The van der Waals surface area contributed by atoms with Gasteiger partial charge in [-0.25, -0.2) is 4.98 Å². The normalized spacial score (nSPS) is 14.4. The molecule has 0 amide bonds. The van der Waals surface area contributed by atoms with Crippen LogP contribution in [0.3, 0.4) is 0 Å². The van der Waals surface area contributed by atoms with E-state index in [0.29, 0.717) is 5.92 Å². The van der Waals surface area contributed by atoms with E-state index in [2.05, 4.69) is 29.1 Å². The quantitative estimate of drug-likeness (QED) is 0.689. The number of hydrogen-bond acceptors (Lipinski definition) is 4. The Morgan fingerprint density at radius 2 is 2.05 bits per heavy atom. The molecule has 1 aromatic heterocycles. The molecule has 1 aliphatic carbocycles. The first-order chi connectivity index (χ1) is 9.33. The molecule has 0 unspecified atom stereocenters. The third-order valence-electron chi connectivity index (χ3n) is 3.27. The molecule has 2 rings (SSSR count). The van der Waals surface area contributed by atoms with Crippen LogP contribution in [-0.4, -0.2) is 23.1 Å². The van der Waals surface area contributed by atoms with Crippen molar-refractivity contribution in [2.45, 2.75) is 58.3 Å². The van der Waals surface area contributed by atoms with E-state index in [1.807, 2.05) is 6.07 Å². The smallest absolute Gasteiger partial charge is 0.218 e. The van der Waals surface area contributed by atoms with Crippen LogP contribution in [0.1, 0.15) is 64.1 Å². The second kappa shape index (κ2) is 7.31. The number of anilines is 1. The molecule has 1 fully saturated rings. The Hall–Kier alpha value is -1.32. The molecule has 0 atom stereocenters. The number of nitrogens with zero attached hydrogens (tertiary/aromatic N) is 2. The van der Waals surface area contributed by atoms with E-state index in [1.165, 1.54) is 32.1 Å². The highest BCUT2D eigenvalue weighted by atomic mass is 16.5. The number of ether oxygens (including phenoxy) is 1. The minimum Gasteiger partial charge on any atom is -0.478 e. The number of unbranched alkanes of at least 4 members (excludes halogenated alkanes) is 3. The molecule has 0 radical (unpaired) electrons. The molecule has 1 aromatic rings. The summed E-state index contributed by atoms with van der Waals surface area (Å²) in [5, 5.41) is 3.25. The average molecular weight is 263 g/mol. The molecule has 106 valence electrons. The van der Waals surface area contributed by atoms with Crippen molar-refractivity contribution in [3.63, 3.8) is 0 Å². The zero-order chi connectivity index (χ0) is 13.5. The summed E-state index contributed by atoms with van der Waals surface area (Å²) in [6.45, 7) is 5.92. The molecule has 0 saturated heterocycles. The number of nitrogens with one attached hydrogen (secondary N) is 1. The molecule has 1 aliphatic rings. The van der Waals surface area contributed by atoms with Crippen LogP contribution in [0.25, 0.3) is 0 Å². The van der Waals surface area contributed by atoms with Gasteiger partial charge in [0.15, 0.2) is 0 Å². The predicted octanol–water partition coefficient (Wildman–Crippen LogP) is 3.74. The molecule has 0 aromatic carbocycles. The van der Waals surface area contributed by atoms with Crippen LogP contribution >= 0.6 is 0 Å². The maximum Gasteiger partial charge on any atom is 0.218 e. The Labute approximate surface area is 116 Å². The Morgan fingerprint density at radius 1 is 1.21 bits per heavy atom. The minimum absolute atomic E-state index is 0.557. The predicted molar refractivity (Wildman–Crippen MR) is 77.8 cm³/mol. The number of aromatic nitrogens is 2. The van der Waals surface area contributed by atoms with Crippen LogP contribution in [0.4, 0.5) is 5.82 Å². The van der Waals surface area contributed by atoms with Gasteiger partial charge >= 0.3 is 0 Å². The topological polar surface area (TPSA) is 47.0 Å². The van der Waals surface area contributed by atoms with E-state index in [9.17, 15) is 0 Å². The van der Waals surface area contributed by atoms with Gasteiger partial charge in [0.2, 0.25) is 5.88 Å². The molecule has 0 bridgehead atoms. The zero-order valence-corrected chi connectivity index (χ0v) is 12.1. The van der Waals surface area contributed by atoms with Crippen LogP contribution in [0.5, 0.6) is 5.88 Å². The van der Waals surface area contributed by atoms with E-state index in [4.69, 9.17) is 4.74 Å². The molecule has 1 saturated carbocycles. The maximum atomic E-state index is 5.77. The second-order valence-electron chi connectivity index (χ2n) is 5.16. The van der Waals surface area contributed by atoms with Gasteiger partial charge in [0.25, 0.3) is 0 Å². The molecular weight excluding hydrogens is 238 g/mol. The largest absolute Gasteiger partial charge is 0.478 e. The lowest BCUT2D eigenvalue weighted by Crippen LogP contribution is -2.06. The summed E-state index contributed by atoms with van der Waals surface area (Å²) in [7, 11) is 0. The molecular formula is C15H25N3O. The third kappa shape index (κ3) is 4.69. The van der Waals surface area contributed by atoms with Crippen molar-refractivity contribution >= 4 is 5.82 Å². The first-order valence-corrected chi connectivity index (χ1v) is 7.59. The minimum atomic E-state index is 0.557. The van der Waals surface area contributed by atoms with Gasteiger partial charge in [-0.2, -0.15) is 4.98 Å². The van der Waals surface area contributed by atoms with Crippen molar-refractivity contribution in [2.75, 3.05) is 18.5 Å². The summed E-state index contributed by atoms with van der Waals surface area (Å²) in [6, 6.07) is 1.91. The van der Waals surface area contributed by atoms with Gasteiger partial charge in [0.1, 0.15) is 11.6 Å². The summed E-state index contributed by atoms with van der Waals surface area (Å²) in [4.78, 5) is 9.06. The van der Waals surface area contributed by atoms with Crippen molar-refractivity contribution < 1.29 is 4.74 Å². The van der Waals surface area contributed by atoms with E-state index < -0.39 is 0 Å². The second-order valence-corrected chi connectivity index (χ2v) is 5.16. The number of rotatable bonds is 9. The monoisotopic (exact) mass is 263 g/mol. The highest BCUT2D eigenvalue weighted by molar-refractivity contribution is 5.39. The molecule has 4 nitrogen and oxygen atoms in total. The van der Waals surface area contributed by atoms with E-state index in [-0.39, 0.29) is 0 Å². The highest BCUT2D eigenvalue weighted by Crippen LogP contribution is 2.39. The van der Waals surface area contributed by atoms with Crippen molar-refractivity contribution in [1.82, 2.24) is 9.97 Å². The molecule has 0 spiro atoms. The maximum absolute atomic E-state index is 5.77. The van der Waals surface area contributed by atoms with Crippen LogP contribution in [0, 0.1) is 0 Å². The van der Waals surface area contributed by atoms with Crippen LogP contribution in [0.15, 0.2) is 6.07 Å². The summed E-state index contributed by atoms with van der Waals surface area (Å²) in [5.41, 5.74) is 0. The first kappa shape index (κ1) is 14.1. The van der Waals surface area contributed by atoms with Gasteiger partial charge in [-0.05, 0) is 26.2 Å². The lowest BCUT2D eigenvalue weighted by Gasteiger charge is -2.09. The molecule has 1 heterocycles. The highest BCUT2D eigenvalue weighted by Gasteiger charge is 2.27. The number of hydrogen-bond donors (Lipinski definition) is 1. The molecule has 1 N–H and O–H groups in total. The first-order valence-electron chi connectivity index (χ1n) is 7.59. The summed E-state index contributed by atoms with van der Waals surface area (Å²) in [6.07, 6.45) is 7.30. The Bertz CT molecular complexity index is 391. The Morgan fingerprint density at radius 3 is 2.74 bits per heavy atom. The average Bonchev–Trinajstić information content (AvgIpc) is 3.23. The zero-order valence-electron chi connectivity index (χ0n) is 12.1. The fourth-order valence-corrected chi connectivity index (χ4v) is 2.02. The lowest BCUT2D eigenvalue weighted by molar-refractivity contribution is 0.292. The third-order valence-corrected chi connectivity index (χ3v) is 3.27. The molecule has 0 aliphatic heterocycles. The van der Waals surface area contributed by atoms with Crippen LogP contribution in [-0.2, 0) is 0 Å². The van der Waals surface area contributed by atoms with Gasteiger partial charge in [-0.1, -0.05) is 26.2 Å². The fraction of sp³-hybridized carbons (Fsp3) is 0.733. The summed E-state index contributed by atoms with van der Waals surface area (Å²) in [5.74, 6) is 3.12. The van der Waals surface area contributed by atoms with Crippen molar-refractivity contribution in [3.05, 3.63) is 11.9 Å². The Balaban J connectivity index is 1.90.